The minimum atomic E-state index is 0.244. The molecule has 21 heavy (non-hydrogen) atoms. The molecular formula is C20H43N. The summed E-state index contributed by atoms with van der Waals surface area (Å²) in [7, 11) is 0. The van der Waals surface area contributed by atoms with Crippen molar-refractivity contribution in [3.8, 4) is 0 Å². The fourth-order valence-corrected chi connectivity index (χ4v) is 3.07. The lowest BCUT2D eigenvalue weighted by molar-refractivity contribution is 0.185. The fraction of sp³-hybridized carbons (Fsp3) is 1.00. The van der Waals surface area contributed by atoms with E-state index in [1.807, 2.05) is 0 Å². The first-order valence-corrected chi connectivity index (χ1v) is 9.64. The van der Waals surface area contributed by atoms with E-state index < -0.39 is 0 Å². The van der Waals surface area contributed by atoms with Gasteiger partial charge in [0.2, 0.25) is 0 Å². The zero-order chi connectivity index (χ0) is 16.2. The summed E-state index contributed by atoms with van der Waals surface area (Å²) in [6.45, 7) is 15.1. The lowest BCUT2D eigenvalue weighted by Gasteiger charge is -2.36. The van der Waals surface area contributed by atoms with Gasteiger partial charge < -0.3 is 5.32 Å². The molecule has 0 fully saturated rings. The monoisotopic (exact) mass is 297 g/mol. The van der Waals surface area contributed by atoms with Crippen molar-refractivity contribution in [3.63, 3.8) is 0 Å². The molecule has 1 heteroatoms. The Bertz CT molecular complexity index is 228. The van der Waals surface area contributed by atoms with Crippen LogP contribution >= 0.6 is 0 Å². The highest BCUT2D eigenvalue weighted by Crippen LogP contribution is 2.35. The molecule has 0 saturated carbocycles. The van der Waals surface area contributed by atoms with Gasteiger partial charge in [0.15, 0.2) is 0 Å². The van der Waals surface area contributed by atoms with Crippen LogP contribution in [-0.4, -0.2) is 12.1 Å². The third kappa shape index (κ3) is 11.2. The summed E-state index contributed by atoms with van der Waals surface area (Å²) in [6, 6.07) is 0. The average Bonchev–Trinajstić information content (AvgIpc) is 2.44. The van der Waals surface area contributed by atoms with Gasteiger partial charge in [-0.15, -0.1) is 0 Å². The molecule has 0 aromatic rings. The molecule has 1 unspecified atom stereocenters. The normalized spacial score (nSPS) is 15.1. The summed E-state index contributed by atoms with van der Waals surface area (Å²) in [6.07, 6.45) is 15.4. The highest BCUT2D eigenvalue weighted by atomic mass is 15.0. The van der Waals surface area contributed by atoms with Crippen LogP contribution < -0.4 is 5.32 Å². The number of unbranched alkanes of at least 4 members (excludes halogenated alkanes) is 6. The van der Waals surface area contributed by atoms with Crippen molar-refractivity contribution in [2.45, 2.75) is 118 Å². The predicted octanol–water partition coefficient (Wildman–Crippen LogP) is 6.71. The van der Waals surface area contributed by atoms with E-state index >= 15 is 0 Å². The van der Waals surface area contributed by atoms with E-state index in [2.05, 4.69) is 46.9 Å². The Balaban J connectivity index is 4.28. The van der Waals surface area contributed by atoms with Gasteiger partial charge in [-0.3, -0.25) is 0 Å². The zero-order valence-corrected chi connectivity index (χ0v) is 16.0. The maximum absolute atomic E-state index is 3.78. The molecule has 0 aliphatic carbocycles. The second-order valence-electron chi connectivity index (χ2n) is 8.08. The van der Waals surface area contributed by atoms with E-state index in [-0.39, 0.29) is 5.54 Å². The molecule has 0 aliphatic heterocycles. The molecule has 0 aliphatic rings. The van der Waals surface area contributed by atoms with Crippen molar-refractivity contribution >= 4 is 0 Å². The van der Waals surface area contributed by atoms with E-state index in [0.717, 1.165) is 0 Å². The van der Waals surface area contributed by atoms with Crippen LogP contribution in [0.2, 0.25) is 0 Å². The van der Waals surface area contributed by atoms with Crippen molar-refractivity contribution in [3.05, 3.63) is 0 Å². The van der Waals surface area contributed by atoms with Crippen LogP contribution in [0.25, 0.3) is 0 Å². The predicted molar refractivity (Wildman–Crippen MR) is 98.0 cm³/mol. The van der Waals surface area contributed by atoms with Crippen LogP contribution in [0.4, 0.5) is 0 Å². The first kappa shape index (κ1) is 21.0. The highest BCUT2D eigenvalue weighted by molar-refractivity contribution is 4.84. The maximum atomic E-state index is 3.78. The average molecular weight is 298 g/mol. The van der Waals surface area contributed by atoms with E-state index in [4.69, 9.17) is 0 Å². The number of nitrogens with one attached hydrogen (secondary N) is 1. The minimum absolute atomic E-state index is 0.244. The molecular weight excluding hydrogens is 254 g/mol. The molecule has 1 N–H and O–H groups in total. The molecule has 0 bridgehead atoms. The van der Waals surface area contributed by atoms with E-state index in [9.17, 15) is 0 Å². The molecule has 0 radical (unpaired) electrons. The van der Waals surface area contributed by atoms with Crippen molar-refractivity contribution in [2.24, 2.45) is 5.41 Å². The molecule has 0 aromatic heterocycles. The molecule has 1 nitrogen and oxygen atoms in total. The molecule has 0 spiro atoms. The molecule has 0 aromatic carbocycles. The molecule has 0 saturated heterocycles. The lowest BCUT2D eigenvalue weighted by Crippen LogP contribution is -2.44. The van der Waals surface area contributed by atoms with E-state index in [1.165, 1.54) is 77.2 Å². The summed E-state index contributed by atoms with van der Waals surface area (Å²) in [5.74, 6) is 0. The fourth-order valence-electron chi connectivity index (χ4n) is 3.07. The lowest BCUT2D eigenvalue weighted by atomic mass is 9.75. The minimum Gasteiger partial charge on any atom is -0.312 e. The van der Waals surface area contributed by atoms with Gasteiger partial charge in [0.1, 0.15) is 0 Å². The summed E-state index contributed by atoms with van der Waals surface area (Å²) in [5.41, 5.74) is 0.780. The van der Waals surface area contributed by atoms with Crippen LogP contribution in [-0.2, 0) is 0 Å². The van der Waals surface area contributed by atoms with E-state index in [0.29, 0.717) is 5.41 Å². The summed E-state index contributed by atoms with van der Waals surface area (Å²) in [4.78, 5) is 0. The molecule has 0 heterocycles. The van der Waals surface area contributed by atoms with Crippen molar-refractivity contribution < 1.29 is 0 Å². The Hall–Kier alpha value is -0.0400. The Labute approximate surface area is 135 Å². The highest BCUT2D eigenvalue weighted by Gasteiger charge is 2.28. The van der Waals surface area contributed by atoms with Gasteiger partial charge in [0.05, 0.1) is 0 Å². The summed E-state index contributed by atoms with van der Waals surface area (Å²) in [5, 5.41) is 3.78. The van der Waals surface area contributed by atoms with Crippen LogP contribution in [0.1, 0.15) is 112 Å². The van der Waals surface area contributed by atoms with Crippen molar-refractivity contribution in [1.82, 2.24) is 5.32 Å². The standard InChI is InChI=1S/C20H43N/c1-7-10-12-13-14-15-17-20(9-3,16-11-8-2)18-21-19(4,5)6/h21H,7-18H2,1-6H3. The van der Waals surface area contributed by atoms with E-state index in [1.54, 1.807) is 0 Å². The Morgan fingerprint density at radius 2 is 1.19 bits per heavy atom. The van der Waals surface area contributed by atoms with Crippen LogP contribution in [0.3, 0.4) is 0 Å². The first-order chi connectivity index (χ1) is 9.89. The van der Waals surface area contributed by atoms with Gasteiger partial charge in [-0.25, -0.2) is 0 Å². The second-order valence-corrected chi connectivity index (χ2v) is 8.08. The third-order valence-corrected chi connectivity index (χ3v) is 4.87. The molecule has 128 valence electrons. The molecule has 0 amide bonds. The largest absolute Gasteiger partial charge is 0.312 e. The van der Waals surface area contributed by atoms with Crippen LogP contribution in [0.15, 0.2) is 0 Å². The quantitative estimate of drug-likeness (QED) is 0.372. The van der Waals surface area contributed by atoms with Crippen molar-refractivity contribution in [2.75, 3.05) is 6.54 Å². The van der Waals surface area contributed by atoms with Gasteiger partial charge in [0.25, 0.3) is 0 Å². The Kier molecular flexibility index (Phi) is 11.5. The number of hydrogen-bond donors (Lipinski definition) is 1. The Morgan fingerprint density at radius 1 is 0.667 bits per heavy atom. The number of rotatable bonds is 13. The van der Waals surface area contributed by atoms with Gasteiger partial charge in [-0.1, -0.05) is 72.1 Å². The second kappa shape index (κ2) is 11.5. The van der Waals surface area contributed by atoms with Gasteiger partial charge in [0, 0.05) is 12.1 Å². The summed E-state index contributed by atoms with van der Waals surface area (Å²) >= 11 is 0. The Morgan fingerprint density at radius 3 is 1.71 bits per heavy atom. The number of hydrogen-bond acceptors (Lipinski definition) is 1. The van der Waals surface area contributed by atoms with Gasteiger partial charge in [-0.05, 0) is 45.4 Å². The zero-order valence-electron chi connectivity index (χ0n) is 16.0. The van der Waals surface area contributed by atoms with Gasteiger partial charge in [-0.2, -0.15) is 0 Å². The maximum Gasteiger partial charge on any atom is 0.00967 e. The first-order valence-electron chi connectivity index (χ1n) is 9.64. The molecule has 0 rings (SSSR count). The summed E-state index contributed by atoms with van der Waals surface area (Å²) < 4.78 is 0. The third-order valence-electron chi connectivity index (χ3n) is 4.87. The SMILES string of the molecule is CCCCCCCCC(CC)(CCCC)CNC(C)(C)C. The van der Waals surface area contributed by atoms with Gasteiger partial charge >= 0.3 is 0 Å². The van der Waals surface area contributed by atoms with Crippen molar-refractivity contribution in [1.29, 1.82) is 0 Å². The topological polar surface area (TPSA) is 12.0 Å². The molecule has 1 atom stereocenters. The smallest absolute Gasteiger partial charge is 0.00967 e. The van der Waals surface area contributed by atoms with Crippen LogP contribution in [0, 0.1) is 5.41 Å². The van der Waals surface area contributed by atoms with Crippen LogP contribution in [0.5, 0.6) is 0 Å².